The van der Waals surface area contributed by atoms with Crippen LogP contribution in [0, 0.1) is 0 Å². The molecule has 1 N–H and O–H groups in total. The van der Waals surface area contributed by atoms with Crippen molar-refractivity contribution in [3.8, 4) is 0 Å². The SMILES string of the molecule is CC(=O)Nc1ccc(S(=O)(=O)N(C)c2ccc3c(c2)nc(C(C)(C)C)n3C)cc1. The molecular formula is C21H26N4O3S. The Bertz CT molecular complexity index is 1170. The van der Waals surface area contributed by atoms with Crippen molar-refractivity contribution in [2.75, 3.05) is 16.7 Å². The molecule has 8 heteroatoms. The Labute approximate surface area is 171 Å². The zero-order valence-corrected chi connectivity index (χ0v) is 18.3. The molecule has 154 valence electrons. The molecule has 1 aromatic heterocycles. The maximum absolute atomic E-state index is 13.0. The van der Waals surface area contributed by atoms with Gasteiger partial charge in [0, 0.05) is 32.1 Å². The standard InChI is InChI=1S/C21H26N4O3S/c1-14(26)22-15-7-10-17(11-8-15)29(27,28)25(6)16-9-12-19-18(13-16)23-20(24(19)5)21(2,3)4/h7-13H,1-6H3,(H,22,26). The fourth-order valence-electron chi connectivity index (χ4n) is 3.27. The van der Waals surface area contributed by atoms with Gasteiger partial charge in [-0.2, -0.15) is 0 Å². The van der Waals surface area contributed by atoms with Crippen molar-refractivity contribution in [3.05, 3.63) is 48.3 Å². The normalized spacial score (nSPS) is 12.2. The number of sulfonamides is 1. The van der Waals surface area contributed by atoms with Gasteiger partial charge in [-0.3, -0.25) is 9.10 Å². The van der Waals surface area contributed by atoms with E-state index in [0.29, 0.717) is 11.4 Å². The monoisotopic (exact) mass is 414 g/mol. The van der Waals surface area contributed by atoms with Crippen molar-refractivity contribution >= 4 is 38.3 Å². The fourth-order valence-corrected chi connectivity index (χ4v) is 4.45. The maximum Gasteiger partial charge on any atom is 0.264 e. The number of imidazole rings is 1. The molecule has 0 aliphatic carbocycles. The molecule has 0 bridgehead atoms. The summed E-state index contributed by atoms with van der Waals surface area (Å²) in [5, 5.41) is 2.63. The predicted octanol–water partition coefficient (Wildman–Crippen LogP) is 3.65. The van der Waals surface area contributed by atoms with E-state index < -0.39 is 10.0 Å². The van der Waals surface area contributed by atoms with E-state index in [4.69, 9.17) is 4.98 Å². The van der Waals surface area contributed by atoms with E-state index >= 15 is 0 Å². The molecule has 0 unspecified atom stereocenters. The number of fused-ring (bicyclic) bond motifs is 1. The molecule has 0 radical (unpaired) electrons. The summed E-state index contributed by atoms with van der Waals surface area (Å²) in [6.45, 7) is 7.68. The number of nitrogens with zero attached hydrogens (tertiary/aromatic N) is 3. The highest BCUT2D eigenvalue weighted by molar-refractivity contribution is 7.92. The average molecular weight is 415 g/mol. The molecule has 29 heavy (non-hydrogen) atoms. The topological polar surface area (TPSA) is 84.3 Å². The van der Waals surface area contributed by atoms with E-state index in [-0.39, 0.29) is 16.2 Å². The van der Waals surface area contributed by atoms with Crippen molar-refractivity contribution in [2.24, 2.45) is 7.05 Å². The summed E-state index contributed by atoms with van der Waals surface area (Å²) in [5.41, 5.74) is 2.65. The lowest BCUT2D eigenvalue weighted by Gasteiger charge is -2.20. The Morgan fingerprint density at radius 2 is 1.72 bits per heavy atom. The molecule has 1 heterocycles. The van der Waals surface area contributed by atoms with E-state index in [1.165, 1.54) is 30.4 Å². The van der Waals surface area contributed by atoms with Crippen LogP contribution in [0.15, 0.2) is 47.4 Å². The van der Waals surface area contributed by atoms with Crippen molar-refractivity contribution in [1.29, 1.82) is 0 Å². The molecule has 1 amide bonds. The first-order chi connectivity index (χ1) is 13.4. The van der Waals surface area contributed by atoms with Gasteiger partial charge in [0.15, 0.2) is 0 Å². The van der Waals surface area contributed by atoms with E-state index in [2.05, 4.69) is 26.1 Å². The Hall–Kier alpha value is -2.87. The first kappa shape index (κ1) is 20.9. The van der Waals surface area contributed by atoms with Crippen molar-refractivity contribution < 1.29 is 13.2 Å². The van der Waals surface area contributed by atoms with Crippen LogP contribution >= 0.6 is 0 Å². The van der Waals surface area contributed by atoms with Crippen LogP contribution < -0.4 is 9.62 Å². The van der Waals surface area contributed by atoms with Gasteiger partial charge in [-0.25, -0.2) is 13.4 Å². The third-order valence-corrected chi connectivity index (χ3v) is 6.53. The van der Waals surface area contributed by atoms with Gasteiger partial charge in [-0.15, -0.1) is 0 Å². The third-order valence-electron chi connectivity index (χ3n) is 4.73. The van der Waals surface area contributed by atoms with Gasteiger partial charge in [0.1, 0.15) is 5.82 Å². The smallest absolute Gasteiger partial charge is 0.264 e. The lowest BCUT2D eigenvalue weighted by atomic mass is 9.96. The van der Waals surface area contributed by atoms with Gasteiger partial charge in [0.2, 0.25) is 5.91 Å². The molecule has 3 aromatic rings. The van der Waals surface area contributed by atoms with Crippen molar-refractivity contribution in [2.45, 2.75) is 38.0 Å². The number of rotatable bonds is 4. The zero-order chi connectivity index (χ0) is 21.6. The first-order valence-electron chi connectivity index (χ1n) is 9.25. The number of aryl methyl sites for hydroxylation is 1. The molecular weight excluding hydrogens is 388 g/mol. The quantitative estimate of drug-likeness (QED) is 0.706. The number of carbonyl (C=O) groups is 1. The van der Waals surface area contributed by atoms with Gasteiger partial charge in [-0.1, -0.05) is 20.8 Å². The van der Waals surface area contributed by atoms with Crippen LogP contribution in [0.3, 0.4) is 0 Å². The Morgan fingerprint density at radius 3 is 2.28 bits per heavy atom. The van der Waals surface area contributed by atoms with Crippen LogP contribution in [0.5, 0.6) is 0 Å². The van der Waals surface area contributed by atoms with E-state index in [0.717, 1.165) is 16.9 Å². The zero-order valence-electron chi connectivity index (χ0n) is 17.5. The number of aromatic nitrogens is 2. The molecule has 0 saturated carbocycles. The van der Waals surface area contributed by atoms with Crippen LogP contribution in [0.4, 0.5) is 11.4 Å². The summed E-state index contributed by atoms with van der Waals surface area (Å²) in [7, 11) is -0.267. The maximum atomic E-state index is 13.0. The summed E-state index contributed by atoms with van der Waals surface area (Å²) in [6, 6.07) is 11.5. The summed E-state index contributed by atoms with van der Waals surface area (Å²) in [4.78, 5) is 16.0. The van der Waals surface area contributed by atoms with Crippen LogP contribution in [-0.4, -0.2) is 30.9 Å². The lowest BCUT2D eigenvalue weighted by molar-refractivity contribution is -0.114. The molecule has 0 aliphatic rings. The minimum atomic E-state index is -3.75. The Balaban J connectivity index is 1.97. The van der Waals surface area contributed by atoms with E-state index in [1.54, 1.807) is 24.3 Å². The molecule has 3 rings (SSSR count). The largest absolute Gasteiger partial charge is 0.331 e. The Kier molecular flexibility index (Phi) is 5.17. The first-order valence-corrected chi connectivity index (χ1v) is 10.7. The van der Waals surface area contributed by atoms with Gasteiger partial charge >= 0.3 is 0 Å². The molecule has 2 aromatic carbocycles. The molecule has 0 spiro atoms. The van der Waals surface area contributed by atoms with Crippen molar-refractivity contribution in [1.82, 2.24) is 9.55 Å². The number of hydrogen-bond donors (Lipinski definition) is 1. The number of benzene rings is 2. The minimum Gasteiger partial charge on any atom is -0.331 e. The second kappa shape index (κ2) is 7.18. The summed E-state index contributed by atoms with van der Waals surface area (Å²) in [5.74, 6) is 0.722. The Morgan fingerprint density at radius 1 is 1.10 bits per heavy atom. The highest BCUT2D eigenvalue weighted by Crippen LogP contribution is 2.29. The number of anilines is 2. The van der Waals surface area contributed by atoms with Crippen molar-refractivity contribution in [3.63, 3.8) is 0 Å². The van der Waals surface area contributed by atoms with Gasteiger partial charge in [0.05, 0.1) is 21.6 Å². The van der Waals surface area contributed by atoms with Gasteiger partial charge in [-0.05, 0) is 42.5 Å². The molecule has 0 atom stereocenters. The molecule has 0 saturated heterocycles. The number of hydrogen-bond acceptors (Lipinski definition) is 4. The second-order valence-corrected chi connectivity index (χ2v) is 10.1. The third kappa shape index (κ3) is 3.98. The average Bonchev–Trinajstić information content (AvgIpc) is 2.97. The van der Waals surface area contributed by atoms with Crippen LogP contribution in [0.2, 0.25) is 0 Å². The molecule has 7 nitrogen and oxygen atoms in total. The van der Waals surface area contributed by atoms with Gasteiger partial charge in [0.25, 0.3) is 10.0 Å². The number of amides is 1. The number of nitrogens with one attached hydrogen (secondary N) is 1. The molecule has 0 fully saturated rings. The second-order valence-electron chi connectivity index (χ2n) is 8.10. The van der Waals surface area contributed by atoms with E-state index in [9.17, 15) is 13.2 Å². The molecule has 0 aliphatic heterocycles. The van der Waals surface area contributed by atoms with E-state index in [1.807, 2.05) is 17.7 Å². The highest BCUT2D eigenvalue weighted by atomic mass is 32.2. The fraction of sp³-hybridized carbons (Fsp3) is 0.333. The summed E-state index contributed by atoms with van der Waals surface area (Å²) in [6.07, 6.45) is 0. The van der Waals surface area contributed by atoms with Crippen LogP contribution in [0.25, 0.3) is 11.0 Å². The predicted molar refractivity (Wildman–Crippen MR) is 116 cm³/mol. The van der Waals surface area contributed by atoms with Crippen LogP contribution in [-0.2, 0) is 27.3 Å². The highest BCUT2D eigenvalue weighted by Gasteiger charge is 2.24. The minimum absolute atomic E-state index is 0.123. The van der Waals surface area contributed by atoms with Crippen LogP contribution in [0.1, 0.15) is 33.5 Å². The summed E-state index contributed by atoms with van der Waals surface area (Å²) < 4.78 is 29.4. The number of carbonyl (C=O) groups excluding carboxylic acids is 1. The van der Waals surface area contributed by atoms with Gasteiger partial charge < -0.3 is 9.88 Å². The summed E-state index contributed by atoms with van der Waals surface area (Å²) >= 11 is 0. The lowest BCUT2D eigenvalue weighted by Crippen LogP contribution is -2.26.